The van der Waals surface area contributed by atoms with Crippen LogP contribution in [0.1, 0.15) is 20.8 Å². The molecular formula is C28H48O21. The highest BCUT2D eigenvalue weighted by Crippen LogP contribution is 2.34. The summed E-state index contributed by atoms with van der Waals surface area (Å²) in [4.78, 5) is 0. The molecule has 0 aromatic rings. The van der Waals surface area contributed by atoms with Crippen molar-refractivity contribution >= 4 is 0 Å². The molecule has 0 spiro atoms. The van der Waals surface area contributed by atoms with E-state index in [1.54, 1.807) is 0 Å². The lowest BCUT2D eigenvalue weighted by Gasteiger charge is -2.48. The first-order chi connectivity index (χ1) is 23.0. The third kappa shape index (κ3) is 8.07. The van der Waals surface area contributed by atoms with E-state index in [9.17, 15) is 61.3 Å². The Morgan fingerprint density at radius 1 is 0.367 bits per heavy atom. The van der Waals surface area contributed by atoms with Gasteiger partial charge < -0.3 is 104 Å². The lowest BCUT2D eigenvalue weighted by atomic mass is 9.96. The number of aliphatic hydroxyl groups excluding tert-OH is 12. The van der Waals surface area contributed by atoms with Crippen LogP contribution in [0, 0.1) is 0 Å². The molecule has 21 heteroatoms. The highest BCUT2D eigenvalue weighted by molar-refractivity contribution is 4.96. The molecule has 5 fully saturated rings. The zero-order valence-corrected chi connectivity index (χ0v) is 26.7. The fraction of sp³-hybridized carbons (Fsp3) is 1.00. The first-order valence-corrected chi connectivity index (χ1v) is 16.0. The molecule has 0 radical (unpaired) electrons. The number of ether oxygens (including phenoxy) is 9. The number of hydrogen-bond donors (Lipinski definition) is 12. The van der Waals surface area contributed by atoms with Gasteiger partial charge in [-0.1, -0.05) is 0 Å². The molecule has 0 aromatic carbocycles. The van der Waals surface area contributed by atoms with Gasteiger partial charge in [-0.25, -0.2) is 0 Å². The van der Waals surface area contributed by atoms with Gasteiger partial charge in [0.15, 0.2) is 31.5 Å². The minimum Gasteiger partial charge on any atom is -0.388 e. The fourth-order valence-corrected chi connectivity index (χ4v) is 6.31. The molecule has 5 heterocycles. The molecule has 23 atom stereocenters. The molecule has 0 aromatic heterocycles. The Morgan fingerprint density at radius 3 is 1.49 bits per heavy atom. The third-order valence-electron chi connectivity index (χ3n) is 9.41. The van der Waals surface area contributed by atoms with Gasteiger partial charge in [-0.2, -0.15) is 0 Å². The SMILES string of the molecule is C[C@@H]1O[C@@H](O[C@H]2[C@H](O)[C@@H](C)O[C@H](O)[C@@H]2O[C@@H]2O[C@@H](C)[C@H](O[C@@H]3OC[C@@H](O)[C@H](O[C@@H]4OC[C@@H](O)[C@H](O)[C@H]4O)[C@H]3O)[C@@H](O)[C@H]2O)[C@H](O)[C@H](O)[C@H]1O. The van der Waals surface area contributed by atoms with E-state index in [4.69, 9.17) is 42.6 Å². The van der Waals surface area contributed by atoms with Crippen LogP contribution >= 0.6 is 0 Å². The van der Waals surface area contributed by atoms with E-state index in [0.29, 0.717) is 0 Å². The van der Waals surface area contributed by atoms with E-state index in [1.165, 1.54) is 20.8 Å². The van der Waals surface area contributed by atoms with Crippen LogP contribution in [-0.2, 0) is 42.6 Å². The Labute approximate surface area is 279 Å². The molecule has 5 rings (SSSR count). The van der Waals surface area contributed by atoms with E-state index >= 15 is 0 Å². The third-order valence-corrected chi connectivity index (χ3v) is 9.41. The van der Waals surface area contributed by atoms with Crippen molar-refractivity contribution in [1.82, 2.24) is 0 Å². The minimum absolute atomic E-state index is 0.403. The standard InChI is InChI=1S/C28H48O21/c1-6-11(31)14(34)17(37)27(44-6)48-22-12(32)7(2)43-24(40)23(22)49-28-18(38)15(35)20(8(3)45-28)46-26-19(39)21(10(30)5-42-26)47-25-16(36)13(33)9(29)4-41-25/h6-40H,4-5H2,1-3H3/t6-,7+,8-,9+,10+,11-,12+,13-,14+,15-,16+,17+,18+,19+,20-,21-,22-,23+,24-,25-,26-,27-,28-/m0/s1. The molecule has 5 aliphatic rings. The van der Waals surface area contributed by atoms with Crippen LogP contribution < -0.4 is 0 Å². The normalized spacial score (nSPS) is 56.0. The first-order valence-electron chi connectivity index (χ1n) is 16.0. The zero-order valence-electron chi connectivity index (χ0n) is 26.7. The molecule has 5 saturated heterocycles. The van der Waals surface area contributed by atoms with Gasteiger partial charge in [0.1, 0.15) is 91.6 Å². The van der Waals surface area contributed by atoms with E-state index in [2.05, 4.69) is 0 Å². The van der Waals surface area contributed by atoms with E-state index in [-0.39, 0.29) is 0 Å². The molecule has 0 saturated carbocycles. The van der Waals surface area contributed by atoms with Crippen LogP contribution in [0.15, 0.2) is 0 Å². The van der Waals surface area contributed by atoms with Crippen LogP contribution in [0.25, 0.3) is 0 Å². The summed E-state index contributed by atoms with van der Waals surface area (Å²) in [5, 5.41) is 126. The van der Waals surface area contributed by atoms with Gasteiger partial charge in [0.25, 0.3) is 0 Å². The van der Waals surface area contributed by atoms with Crippen molar-refractivity contribution in [3.63, 3.8) is 0 Å². The molecule has 286 valence electrons. The van der Waals surface area contributed by atoms with Crippen LogP contribution in [0.5, 0.6) is 0 Å². The predicted molar refractivity (Wildman–Crippen MR) is 150 cm³/mol. The summed E-state index contributed by atoms with van der Waals surface area (Å²) in [5.74, 6) is 0. The predicted octanol–water partition coefficient (Wildman–Crippen LogP) is -7.56. The van der Waals surface area contributed by atoms with Gasteiger partial charge in [-0.3, -0.25) is 0 Å². The van der Waals surface area contributed by atoms with Crippen molar-refractivity contribution in [2.75, 3.05) is 13.2 Å². The van der Waals surface area contributed by atoms with Crippen LogP contribution in [0.2, 0.25) is 0 Å². The van der Waals surface area contributed by atoms with Gasteiger partial charge in [0, 0.05) is 0 Å². The number of aliphatic hydroxyl groups is 12. The van der Waals surface area contributed by atoms with Gasteiger partial charge >= 0.3 is 0 Å². The van der Waals surface area contributed by atoms with Gasteiger partial charge in [-0.05, 0) is 20.8 Å². The van der Waals surface area contributed by atoms with Gasteiger partial charge in [0.05, 0.1) is 31.5 Å². The molecule has 21 nitrogen and oxygen atoms in total. The quantitative estimate of drug-likeness (QED) is 0.111. The molecule has 12 N–H and O–H groups in total. The maximum absolute atomic E-state index is 11.1. The second-order valence-corrected chi connectivity index (χ2v) is 13.0. The number of hydrogen-bond acceptors (Lipinski definition) is 21. The van der Waals surface area contributed by atoms with E-state index in [0.717, 1.165) is 0 Å². The lowest BCUT2D eigenvalue weighted by Crippen LogP contribution is -2.66. The first kappa shape index (κ1) is 39.4. The average Bonchev–Trinajstić information content (AvgIpc) is 3.06. The summed E-state index contributed by atoms with van der Waals surface area (Å²) in [6.07, 6.45) is -35.6. The van der Waals surface area contributed by atoms with E-state index < -0.39 is 155 Å². The molecule has 0 unspecified atom stereocenters. The summed E-state index contributed by atoms with van der Waals surface area (Å²) in [6.45, 7) is 3.37. The summed E-state index contributed by atoms with van der Waals surface area (Å²) < 4.78 is 49.9. The van der Waals surface area contributed by atoms with Crippen molar-refractivity contribution in [2.24, 2.45) is 0 Å². The summed E-state index contributed by atoms with van der Waals surface area (Å²) in [6, 6.07) is 0. The molecule has 5 aliphatic heterocycles. The summed E-state index contributed by atoms with van der Waals surface area (Å²) in [7, 11) is 0. The molecule has 0 bridgehead atoms. The highest BCUT2D eigenvalue weighted by atomic mass is 16.8. The Morgan fingerprint density at radius 2 is 0.837 bits per heavy atom. The topological polar surface area (TPSA) is 326 Å². The zero-order chi connectivity index (χ0) is 36.1. The molecule has 0 aliphatic carbocycles. The maximum Gasteiger partial charge on any atom is 0.187 e. The van der Waals surface area contributed by atoms with Crippen LogP contribution in [0.3, 0.4) is 0 Å². The van der Waals surface area contributed by atoms with E-state index in [1.807, 2.05) is 0 Å². The number of rotatable bonds is 8. The lowest BCUT2D eigenvalue weighted by molar-refractivity contribution is -0.391. The molecular weight excluding hydrogens is 672 g/mol. The van der Waals surface area contributed by atoms with Crippen molar-refractivity contribution in [3.8, 4) is 0 Å². The van der Waals surface area contributed by atoms with Crippen molar-refractivity contribution < 1.29 is 104 Å². The van der Waals surface area contributed by atoms with Gasteiger partial charge in [-0.15, -0.1) is 0 Å². The van der Waals surface area contributed by atoms with Crippen LogP contribution in [0.4, 0.5) is 0 Å². The monoisotopic (exact) mass is 720 g/mol. The Balaban J connectivity index is 1.23. The second kappa shape index (κ2) is 16.0. The fourth-order valence-electron chi connectivity index (χ4n) is 6.31. The minimum atomic E-state index is -1.91. The summed E-state index contributed by atoms with van der Waals surface area (Å²) in [5.41, 5.74) is 0. The van der Waals surface area contributed by atoms with Gasteiger partial charge in [0.2, 0.25) is 0 Å². The smallest absolute Gasteiger partial charge is 0.187 e. The van der Waals surface area contributed by atoms with Crippen molar-refractivity contribution in [3.05, 3.63) is 0 Å². The van der Waals surface area contributed by atoms with Crippen molar-refractivity contribution in [1.29, 1.82) is 0 Å². The largest absolute Gasteiger partial charge is 0.388 e. The maximum atomic E-state index is 11.1. The second-order valence-electron chi connectivity index (χ2n) is 13.0. The van der Waals surface area contributed by atoms with Crippen LogP contribution in [-0.4, -0.2) is 216 Å². The Bertz CT molecular complexity index is 1060. The Kier molecular flexibility index (Phi) is 12.9. The highest BCUT2D eigenvalue weighted by Gasteiger charge is 2.54. The Hall–Kier alpha value is -0.840. The van der Waals surface area contributed by atoms with Crippen molar-refractivity contribution in [2.45, 2.75) is 162 Å². The summed E-state index contributed by atoms with van der Waals surface area (Å²) >= 11 is 0. The molecule has 0 amide bonds. The average molecular weight is 721 g/mol. The molecule has 49 heavy (non-hydrogen) atoms.